The predicted octanol–water partition coefficient (Wildman–Crippen LogP) is 4.46. The van der Waals surface area contributed by atoms with Gasteiger partial charge in [-0.25, -0.2) is 4.98 Å². The van der Waals surface area contributed by atoms with E-state index in [9.17, 15) is 0 Å². The summed E-state index contributed by atoms with van der Waals surface area (Å²) in [6.07, 6.45) is 0. The van der Waals surface area contributed by atoms with Crippen LogP contribution in [0.5, 0.6) is 11.5 Å². The minimum Gasteiger partial charge on any atom is -0.497 e. The average molecular weight is 340 g/mol. The highest BCUT2D eigenvalue weighted by molar-refractivity contribution is 7.13. The molecule has 5 heteroatoms. The highest BCUT2D eigenvalue weighted by Crippen LogP contribution is 2.35. The topological polar surface area (TPSA) is 34.6 Å². The number of hydrogen-bond donors (Lipinski definition) is 0. The Hall–Kier alpha value is -2.53. The Bertz CT molecular complexity index is 802. The summed E-state index contributed by atoms with van der Waals surface area (Å²) in [6.45, 7) is 0.763. The zero-order valence-corrected chi connectivity index (χ0v) is 14.8. The van der Waals surface area contributed by atoms with Crippen molar-refractivity contribution in [1.82, 2.24) is 4.98 Å². The average Bonchev–Trinajstić information content (AvgIpc) is 3.10. The van der Waals surface area contributed by atoms with Gasteiger partial charge in [-0.05, 0) is 24.3 Å². The second-order valence-corrected chi connectivity index (χ2v) is 6.26. The number of ether oxygens (including phenoxy) is 2. The lowest BCUT2D eigenvalue weighted by atomic mass is 10.2. The molecule has 24 heavy (non-hydrogen) atoms. The molecule has 0 saturated heterocycles. The van der Waals surface area contributed by atoms with E-state index in [1.165, 1.54) is 5.69 Å². The first-order valence-corrected chi connectivity index (χ1v) is 8.52. The standard InChI is InChI=1S/C19H20N2O2S/c1-21(15-7-5-4-6-8-15)12-14-13-24-19(20-14)17-10-9-16(22-2)11-18(17)23-3/h4-11,13H,12H2,1-3H3. The highest BCUT2D eigenvalue weighted by Gasteiger charge is 2.12. The third-order valence-electron chi connectivity index (χ3n) is 3.79. The number of thiazole rings is 1. The normalized spacial score (nSPS) is 10.5. The van der Waals surface area contributed by atoms with Crippen LogP contribution in [0.3, 0.4) is 0 Å². The van der Waals surface area contributed by atoms with E-state index in [0.717, 1.165) is 34.3 Å². The molecule has 0 spiro atoms. The minimum atomic E-state index is 0.763. The third kappa shape index (κ3) is 3.51. The molecule has 0 amide bonds. The van der Waals surface area contributed by atoms with Crippen LogP contribution in [0.2, 0.25) is 0 Å². The fourth-order valence-electron chi connectivity index (χ4n) is 2.50. The van der Waals surface area contributed by atoms with Crippen LogP contribution in [0.25, 0.3) is 10.6 Å². The maximum absolute atomic E-state index is 5.48. The molecule has 0 aliphatic rings. The van der Waals surface area contributed by atoms with Crippen molar-refractivity contribution in [2.24, 2.45) is 0 Å². The molecule has 0 atom stereocenters. The van der Waals surface area contributed by atoms with Gasteiger partial charge in [0.1, 0.15) is 16.5 Å². The second-order valence-electron chi connectivity index (χ2n) is 5.40. The van der Waals surface area contributed by atoms with Crippen LogP contribution in [0.15, 0.2) is 53.9 Å². The van der Waals surface area contributed by atoms with Gasteiger partial charge in [-0.3, -0.25) is 0 Å². The smallest absolute Gasteiger partial charge is 0.132 e. The van der Waals surface area contributed by atoms with E-state index in [1.807, 2.05) is 36.4 Å². The molecule has 4 nitrogen and oxygen atoms in total. The summed E-state index contributed by atoms with van der Waals surface area (Å²) in [6, 6.07) is 16.1. The van der Waals surface area contributed by atoms with Crippen molar-refractivity contribution in [3.05, 3.63) is 59.6 Å². The van der Waals surface area contributed by atoms with Crippen molar-refractivity contribution in [2.75, 3.05) is 26.2 Å². The summed E-state index contributed by atoms with van der Waals surface area (Å²) < 4.78 is 10.7. The van der Waals surface area contributed by atoms with Gasteiger partial charge in [0, 0.05) is 24.2 Å². The fourth-order valence-corrected chi connectivity index (χ4v) is 3.34. The number of anilines is 1. The first-order chi connectivity index (χ1) is 11.7. The predicted molar refractivity (Wildman–Crippen MR) is 99.2 cm³/mol. The maximum atomic E-state index is 5.48. The molecule has 0 saturated carbocycles. The first-order valence-electron chi connectivity index (χ1n) is 7.64. The van der Waals surface area contributed by atoms with Crippen LogP contribution in [0, 0.1) is 0 Å². The van der Waals surface area contributed by atoms with Gasteiger partial charge >= 0.3 is 0 Å². The van der Waals surface area contributed by atoms with Crippen LogP contribution in [0.1, 0.15) is 5.69 Å². The van der Waals surface area contributed by atoms with Crippen molar-refractivity contribution in [3.63, 3.8) is 0 Å². The quantitative estimate of drug-likeness (QED) is 0.663. The number of hydrogen-bond acceptors (Lipinski definition) is 5. The summed E-state index contributed by atoms with van der Waals surface area (Å²) in [5.41, 5.74) is 3.20. The van der Waals surface area contributed by atoms with E-state index in [4.69, 9.17) is 14.5 Å². The Labute approximate surface area is 146 Å². The van der Waals surface area contributed by atoms with Gasteiger partial charge in [0.05, 0.1) is 32.0 Å². The lowest BCUT2D eigenvalue weighted by Gasteiger charge is -2.17. The van der Waals surface area contributed by atoms with Crippen molar-refractivity contribution in [3.8, 4) is 22.1 Å². The molecule has 0 aliphatic heterocycles. The number of aromatic nitrogens is 1. The van der Waals surface area contributed by atoms with E-state index in [-0.39, 0.29) is 0 Å². The molecule has 3 aromatic rings. The van der Waals surface area contributed by atoms with E-state index in [2.05, 4.69) is 29.5 Å². The van der Waals surface area contributed by atoms with Crippen LogP contribution in [-0.4, -0.2) is 26.3 Å². The van der Waals surface area contributed by atoms with Gasteiger partial charge in [-0.2, -0.15) is 0 Å². The van der Waals surface area contributed by atoms with Crippen molar-refractivity contribution in [2.45, 2.75) is 6.54 Å². The van der Waals surface area contributed by atoms with E-state index in [0.29, 0.717) is 0 Å². The molecule has 0 aliphatic carbocycles. The van der Waals surface area contributed by atoms with E-state index < -0.39 is 0 Å². The summed E-state index contributed by atoms with van der Waals surface area (Å²) >= 11 is 1.62. The Morgan fingerprint density at radius 2 is 1.83 bits per heavy atom. The summed E-state index contributed by atoms with van der Waals surface area (Å²) in [5.74, 6) is 1.54. The summed E-state index contributed by atoms with van der Waals surface area (Å²) in [5, 5.41) is 3.05. The zero-order valence-electron chi connectivity index (χ0n) is 14.0. The number of rotatable bonds is 6. The van der Waals surface area contributed by atoms with Crippen LogP contribution in [0.4, 0.5) is 5.69 Å². The molecule has 0 radical (unpaired) electrons. The lowest BCUT2D eigenvalue weighted by Crippen LogP contribution is -2.16. The summed E-state index contributed by atoms with van der Waals surface area (Å²) in [7, 11) is 5.38. The zero-order chi connectivity index (χ0) is 16.9. The maximum Gasteiger partial charge on any atom is 0.132 e. The van der Waals surface area contributed by atoms with E-state index in [1.54, 1.807) is 25.6 Å². The van der Waals surface area contributed by atoms with Gasteiger partial charge in [-0.15, -0.1) is 11.3 Å². The molecule has 124 valence electrons. The Balaban J connectivity index is 1.81. The molecule has 0 bridgehead atoms. The van der Waals surface area contributed by atoms with Gasteiger partial charge in [0.25, 0.3) is 0 Å². The molecule has 1 aromatic heterocycles. The number of benzene rings is 2. The van der Waals surface area contributed by atoms with Crippen molar-refractivity contribution >= 4 is 17.0 Å². The number of nitrogens with zero attached hydrogens (tertiary/aromatic N) is 2. The number of para-hydroxylation sites is 1. The largest absolute Gasteiger partial charge is 0.497 e. The SMILES string of the molecule is COc1ccc(-c2nc(CN(C)c3ccccc3)cs2)c(OC)c1. The Kier molecular flexibility index (Phi) is 5.01. The molecule has 0 fully saturated rings. The molecular weight excluding hydrogens is 320 g/mol. The molecule has 0 N–H and O–H groups in total. The molecule has 1 heterocycles. The van der Waals surface area contributed by atoms with Crippen LogP contribution in [-0.2, 0) is 6.54 Å². The Morgan fingerprint density at radius 3 is 2.54 bits per heavy atom. The monoisotopic (exact) mass is 340 g/mol. The molecule has 3 rings (SSSR count). The minimum absolute atomic E-state index is 0.763. The van der Waals surface area contributed by atoms with Crippen LogP contribution < -0.4 is 14.4 Å². The molecular formula is C19H20N2O2S. The molecule has 2 aromatic carbocycles. The highest BCUT2D eigenvalue weighted by atomic mass is 32.1. The van der Waals surface area contributed by atoms with Crippen LogP contribution >= 0.6 is 11.3 Å². The van der Waals surface area contributed by atoms with Gasteiger partial charge < -0.3 is 14.4 Å². The number of methoxy groups -OCH3 is 2. The first kappa shape index (κ1) is 16.3. The third-order valence-corrected chi connectivity index (χ3v) is 4.71. The summed E-state index contributed by atoms with van der Waals surface area (Å²) in [4.78, 5) is 6.95. The molecule has 0 unspecified atom stereocenters. The lowest BCUT2D eigenvalue weighted by molar-refractivity contribution is 0.395. The fraction of sp³-hybridized carbons (Fsp3) is 0.211. The van der Waals surface area contributed by atoms with Gasteiger partial charge in [-0.1, -0.05) is 18.2 Å². The van der Waals surface area contributed by atoms with Crippen molar-refractivity contribution in [1.29, 1.82) is 0 Å². The van der Waals surface area contributed by atoms with E-state index >= 15 is 0 Å². The van der Waals surface area contributed by atoms with Gasteiger partial charge in [0.2, 0.25) is 0 Å². The van der Waals surface area contributed by atoms with Gasteiger partial charge in [0.15, 0.2) is 0 Å². The van der Waals surface area contributed by atoms with Crippen molar-refractivity contribution < 1.29 is 9.47 Å². The Morgan fingerprint density at radius 1 is 1.04 bits per heavy atom. The second kappa shape index (κ2) is 7.36.